The van der Waals surface area contributed by atoms with E-state index in [-0.39, 0.29) is 23.8 Å². The molecule has 2 atom stereocenters. The van der Waals surface area contributed by atoms with Crippen molar-refractivity contribution in [2.75, 3.05) is 24.3 Å². The standard InChI is InChI=1S/C25H29F2NO5S2/c1-4-6-10-17-15-28(18-11-8-7-9-12-18)20-13-22(34-3)21(14-23(20)35(30,31)24(17)27)33-16-19(26)25(29)32-5-2/h7-9,11-14,16-17,24H,4-6,10,15H2,1-3H3/b19-16-. The lowest BCUT2D eigenvalue weighted by atomic mass is 10.0. The monoisotopic (exact) mass is 525 g/mol. The molecule has 0 saturated heterocycles. The van der Waals surface area contributed by atoms with Crippen molar-refractivity contribution in [1.29, 1.82) is 0 Å². The molecule has 0 saturated carbocycles. The highest BCUT2D eigenvalue weighted by molar-refractivity contribution is 7.98. The average Bonchev–Trinajstić information content (AvgIpc) is 2.94. The van der Waals surface area contributed by atoms with Crippen LogP contribution in [0.15, 0.2) is 64.3 Å². The van der Waals surface area contributed by atoms with Crippen LogP contribution in [0.1, 0.15) is 33.1 Å². The number of ether oxygens (including phenoxy) is 2. The van der Waals surface area contributed by atoms with Crippen molar-refractivity contribution in [3.05, 3.63) is 54.6 Å². The first-order valence-electron chi connectivity index (χ1n) is 11.4. The van der Waals surface area contributed by atoms with Crippen LogP contribution in [-0.2, 0) is 19.4 Å². The van der Waals surface area contributed by atoms with Gasteiger partial charge in [-0.2, -0.15) is 4.39 Å². The maximum atomic E-state index is 15.6. The Bertz CT molecular complexity index is 1170. The first kappa shape index (κ1) is 27.0. The fourth-order valence-corrected chi connectivity index (χ4v) is 6.16. The maximum Gasteiger partial charge on any atom is 0.370 e. The molecule has 0 radical (unpaired) electrons. The van der Waals surface area contributed by atoms with E-state index in [0.29, 0.717) is 29.7 Å². The predicted molar refractivity (Wildman–Crippen MR) is 133 cm³/mol. The molecule has 2 aromatic carbocycles. The summed E-state index contributed by atoms with van der Waals surface area (Å²) >= 11 is 1.25. The quantitative estimate of drug-likeness (QED) is 0.167. The number of nitrogens with zero attached hydrogens (tertiary/aromatic N) is 1. The molecule has 190 valence electrons. The smallest absolute Gasteiger partial charge is 0.370 e. The Labute approximate surface area is 209 Å². The fraction of sp³-hybridized carbons (Fsp3) is 0.400. The number of para-hydroxylation sites is 1. The van der Waals surface area contributed by atoms with Crippen LogP contribution in [-0.4, -0.2) is 39.3 Å². The molecule has 3 rings (SSSR count). The molecule has 0 aromatic heterocycles. The van der Waals surface area contributed by atoms with Crippen LogP contribution in [0.4, 0.5) is 20.2 Å². The SMILES string of the molecule is CCCCC1CN(c2ccccc2)c2cc(SC)c(O/C=C(\F)C(=O)OCC)cc2S(=O)(=O)C1F. The summed E-state index contributed by atoms with van der Waals surface area (Å²) in [5.74, 6) is -3.22. The van der Waals surface area contributed by atoms with Crippen LogP contribution in [0.5, 0.6) is 5.75 Å². The third kappa shape index (κ3) is 5.98. The number of carbonyl (C=O) groups excluding carboxylic acids is 1. The van der Waals surface area contributed by atoms with Gasteiger partial charge >= 0.3 is 5.97 Å². The van der Waals surface area contributed by atoms with Gasteiger partial charge in [0, 0.05) is 24.2 Å². The van der Waals surface area contributed by atoms with Gasteiger partial charge in [-0.1, -0.05) is 38.0 Å². The van der Waals surface area contributed by atoms with Crippen molar-refractivity contribution in [1.82, 2.24) is 0 Å². The van der Waals surface area contributed by atoms with Gasteiger partial charge in [0.1, 0.15) is 12.0 Å². The zero-order valence-corrected chi connectivity index (χ0v) is 21.5. The summed E-state index contributed by atoms with van der Waals surface area (Å²) in [6, 6.07) is 12.0. The Hall–Kier alpha value is -2.59. The number of hydrogen-bond donors (Lipinski definition) is 0. The average molecular weight is 526 g/mol. The van der Waals surface area contributed by atoms with Gasteiger partial charge in [-0.15, -0.1) is 11.8 Å². The minimum absolute atomic E-state index is 0.00788. The molecule has 1 aliphatic heterocycles. The van der Waals surface area contributed by atoms with Gasteiger partial charge in [0.05, 0.1) is 22.1 Å². The molecule has 0 N–H and O–H groups in total. The number of thioether (sulfide) groups is 1. The minimum atomic E-state index is -4.39. The summed E-state index contributed by atoms with van der Waals surface area (Å²) in [4.78, 5) is 13.6. The Kier molecular flexibility index (Phi) is 9.18. The number of halogens is 2. The zero-order chi connectivity index (χ0) is 25.6. The lowest BCUT2D eigenvalue weighted by molar-refractivity contribution is -0.140. The predicted octanol–water partition coefficient (Wildman–Crippen LogP) is 6.19. The molecule has 0 amide bonds. The van der Waals surface area contributed by atoms with E-state index in [1.807, 2.05) is 42.2 Å². The minimum Gasteiger partial charge on any atom is -0.461 e. The van der Waals surface area contributed by atoms with Crippen LogP contribution in [0, 0.1) is 5.92 Å². The summed E-state index contributed by atoms with van der Waals surface area (Å²) < 4.78 is 66.5. The van der Waals surface area contributed by atoms with Crippen molar-refractivity contribution < 1.29 is 31.5 Å². The van der Waals surface area contributed by atoms with Gasteiger partial charge in [0.15, 0.2) is 0 Å². The van der Waals surface area contributed by atoms with E-state index < -0.39 is 33.1 Å². The van der Waals surface area contributed by atoms with Crippen LogP contribution in [0.3, 0.4) is 0 Å². The molecule has 2 unspecified atom stereocenters. The summed E-state index contributed by atoms with van der Waals surface area (Å²) in [6.45, 7) is 3.68. The largest absolute Gasteiger partial charge is 0.461 e. The van der Waals surface area contributed by atoms with Gasteiger partial charge in [-0.25, -0.2) is 17.6 Å². The Morgan fingerprint density at radius 3 is 2.57 bits per heavy atom. The lowest BCUT2D eigenvalue weighted by Crippen LogP contribution is -2.31. The maximum absolute atomic E-state index is 15.6. The molecule has 0 fully saturated rings. The van der Waals surface area contributed by atoms with Gasteiger partial charge in [0.2, 0.25) is 21.2 Å². The van der Waals surface area contributed by atoms with E-state index >= 15 is 4.39 Å². The van der Waals surface area contributed by atoms with Crippen LogP contribution >= 0.6 is 11.8 Å². The number of carbonyl (C=O) groups is 1. The third-order valence-corrected chi connectivity index (χ3v) is 8.36. The molecule has 0 spiro atoms. The lowest BCUT2D eigenvalue weighted by Gasteiger charge is -2.28. The molecule has 35 heavy (non-hydrogen) atoms. The van der Waals surface area contributed by atoms with Gasteiger partial charge in [-0.3, -0.25) is 0 Å². The molecule has 0 aliphatic carbocycles. The number of rotatable bonds is 9. The van der Waals surface area contributed by atoms with Crippen LogP contribution in [0.25, 0.3) is 0 Å². The van der Waals surface area contributed by atoms with Gasteiger partial charge in [-0.05, 0) is 37.8 Å². The molecule has 0 bridgehead atoms. The number of benzene rings is 2. The molecule has 6 nitrogen and oxygen atoms in total. The van der Waals surface area contributed by atoms with E-state index in [4.69, 9.17) is 4.74 Å². The molecular formula is C25H29F2NO5S2. The van der Waals surface area contributed by atoms with Crippen LogP contribution in [0.2, 0.25) is 0 Å². The number of fused-ring (bicyclic) bond motifs is 1. The second-order valence-electron chi connectivity index (χ2n) is 8.02. The van der Waals surface area contributed by atoms with E-state index in [2.05, 4.69) is 4.74 Å². The first-order valence-corrected chi connectivity index (χ1v) is 14.1. The highest BCUT2D eigenvalue weighted by atomic mass is 32.2. The zero-order valence-electron chi connectivity index (χ0n) is 19.9. The molecule has 1 aliphatic rings. The van der Waals surface area contributed by atoms with Crippen molar-refractivity contribution in [3.8, 4) is 5.75 Å². The number of hydrogen-bond acceptors (Lipinski definition) is 7. The second-order valence-corrected chi connectivity index (χ2v) is 10.8. The Morgan fingerprint density at radius 1 is 1.23 bits per heavy atom. The number of sulfone groups is 1. The number of esters is 1. The van der Waals surface area contributed by atoms with Gasteiger partial charge < -0.3 is 14.4 Å². The van der Waals surface area contributed by atoms with Gasteiger partial charge in [0.25, 0.3) is 0 Å². The summed E-state index contributed by atoms with van der Waals surface area (Å²) in [6.07, 6.45) is 4.24. The summed E-state index contributed by atoms with van der Waals surface area (Å²) in [5.41, 5.74) is -1.06. The summed E-state index contributed by atoms with van der Waals surface area (Å²) in [7, 11) is -4.39. The highest BCUT2D eigenvalue weighted by Crippen LogP contribution is 2.45. The van der Waals surface area contributed by atoms with Crippen molar-refractivity contribution in [3.63, 3.8) is 0 Å². The van der Waals surface area contributed by atoms with Crippen molar-refractivity contribution in [2.45, 2.75) is 48.4 Å². The van der Waals surface area contributed by atoms with E-state index in [1.165, 1.54) is 24.8 Å². The highest BCUT2D eigenvalue weighted by Gasteiger charge is 2.42. The van der Waals surface area contributed by atoms with E-state index in [9.17, 15) is 17.6 Å². The number of unbranched alkanes of at least 4 members (excludes halogenated alkanes) is 1. The molecule has 2 aromatic rings. The number of alkyl halides is 1. The normalized spacial score (nSPS) is 19.6. The van der Waals surface area contributed by atoms with E-state index in [1.54, 1.807) is 12.3 Å². The molecule has 10 heteroatoms. The van der Waals surface area contributed by atoms with Crippen molar-refractivity contribution in [2.24, 2.45) is 5.92 Å². The Morgan fingerprint density at radius 2 is 1.94 bits per heavy atom. The fourth-order valence-electron chi connectivity index (χ4n) is 3.92. The topological polar surface area (TPSA) is 72.9 Å². The molecular weight excluding hydrogens is 496 g/mol. The third-order valence-electron chi connectivity index (χ3n) is 5.68. The first-order chi connectivity index (χ1) is 16.7. The Balaban J connectivity index is 2.16. The van der Waals surface area contributed by atoms with E-state index in [0.717, 1.165) is 12.1 Å². The summed E-state index contributed by atoms with van der Waals surface area (Å²) in [5, 5.41) is 0. The molecule has 1 heterocycles. The second kappa shape index (κ2) is 11.9. The number of anilines is 2. The van der Waals surface area contributed by atoms with Crippen LogP contribution < -0.4 is 9.64 Å². The van der Waals surface area contributed by atoms with Crippen molar-refractivity contribution >= 4 is 38.9 Å².